The quantitative estimate of drug-likeness (QED) is 0.0666. The maximum absolute atomic E-state index is 14.4. The predicted octanol–water partition coefficient (Wildman–Crippen LogP) is 6.58. The third-order valence-corrected chi connectivity index (χ3v) is 11.1. The second kappa shape index (κ2) is 23.6. The first-order valence-corrected chi connectivity index (χ1v) is 21.4. The Kier molecular flexibility index (Phi) is 18.7. The molecule has 5 atom stereocenters. The van der Waals surface area contributed by atoms with Crippen LogP contribution >= 0.6 is 0 Å². The van der Waals surface area contributed by atoms with Crippen LogP contribution in [0, 0.1) is 17.8 Å². The molecule has 1 saturated carbocycles. The van der Waals surface area contributed by atoms with Crippen molar-refractivity contribution >= 4 is 23.8 Å². The van der Waals surface area contributed by atoms with Gasteiger partial charge in [0.25, 0.3) is 0 Å². The van der Waals surface area contributed by atoms with E-state index in [0.29, 0.717) is 43.8 Å². The number of H-pyrrole nitrogens is 1. The van der Waals surface area contributed by atoms with Crippen LogP contribution in [0.25, 0.3) is 0 Å². The van der Waals surface area contributed by atoms with Gasteiger partial charge >= 0.3 is 6.09 Å². The number of ether oxygens (including phenoxy) is 1. The Morgan fingerprint density at radius 1 is 0.862 bits per heavy atom. The van der Waals surface area contributed by atoms with E-state index in [0.717, 1.165) is 44.1 Å². The molecule has 2 aromatic carbocycles. The summed E-state index contributed by atoms with van der Waals surface area (Å²) in [6, 6.07) is 16.8. The molecule has 12 nitrogen and oxygen atoms in total. The fraction of sp³-hybridized carbons (Fsp3) is 0.587. The third kappa shape index (κ3) is 17.0. The van der Waals surface area contributed by atoms with Crippen molar-refractivity contribution in [3.8, 4) is 0 Å². The van der Waals surface area contributed by atoms with Crippen LogP contribution in [0.1, 0.15) is 116 Å². The first-order valence-electron chi connectivity index (χ1n) is 21.4. The summed E-state index contributed by atoms with van der Waals surface area (Å²) in [5.41, 5.74) is 1.88. The van der Waals surface area contributed by atoms with Gasteiger partial charge < -0.3 is 36.1 Å². The molecule has 1 fully saturated rings. The summed E-state index contributed by atoms with van der Waals surface area (Å²) in [5, 5.41) is 23.8. The molecule has 58 heavy (non-hydrogen) atoms. The maximum Gasteiger partial charge on any atom is 0.408 e. The lowest BCUT2D eigenvalue weighted by molar-refractivity contribution is -0.131. The van der Waals surface area contributed by atoms with Gasteiger partial charge in [-0.1, -0.05) is 107 Å². The first kappa shape index (κ1) is 46.0. The number of nitrogens with one attached hydrogen (secondary N) is 5. The molecule has 6 N–H and O–H groups in total. The Labute approximate surface area is 345 Å². The summed E-state index contributed by atoms with van der Waals surface area (Å²) < 4.78 is 5.49. The highest BCUT2D eigenvalue weighted by atomic mass is 16.6. The summed E-state index contributed by atoms with van der Waals surface area (Å²) >= 11 is 0. The monoisotopic (exact) mass is 801 g/mol. The zero-order valence-electron chi connectivity index (χ0n) is 35.3. The van der Waals surface area contributed by atoms with Gasteiger partial charge in [-0.05, 0) is 81.8 Å². The lowest BCUT2D eigenvalue weighted by atomic mass is 9.80. The molecule has 3 aromatic rings. The van der Waals surface area contributed by atoms with E-state index in [1.54, 1.807) is 27.0 Å². The van der Waals surface area contributed by atoms with Crippen LogP contribution in [0.15, 0.2) is 73.2 Å². The number of aromatic nitrogens is 2. The molecular formula is C46H68N6O6. The van der Waals surface area contributed by atoms with E-state index >= 15 is 0 Å². The Hall–Kier alpha value is -4.71. The lowest BCUT2D eigenvalue weighted by Gasteiger charge is -2.34. The maximum atomic E-state index is 14.4. The van der Waals surface area contributed by atoms with Crippen LogP contribution < -0.4 is 21.3 Å². The van der Waals surface area contributed by atoms with E-state index in [4.69, 9.17) is 4.74 Å². The van der Waals surface area contributed by atoms with Gasteiger partial charge in [0, 0.05) is 37.7 Å². The van der Waals surface area contributed by atoms with E-state index < -0.39 is 47.7 Å². The number of alkyl carbamates (subject to hydrolysis) is 1. The molecule has 318 valence electrons. The van der Waals surface area contributed by atoms with Crippen molar-refractivity contribution in [1.29, 1.82) is 0 Å². The van der Waals surface area contributed by atoms with Crippen molar-refractivity contribution in [2.45, 2.75) is 148 Å². The molecule has 4 rings (SSSR count). The van der Waals surface area contributed by atoms with Crippen molar-refractivity contribution < 1.29 is 29.0 Å². The molecule has 0 radical (unpaired) electrons. The summed E-state index contributed by atoms with van der Waals surface area (Å²) in [6.07, 6.45) is 11.1. The number of nitrogens with zero attached hydrogens (tertiary/aromatic N) is 1. The van der Waals surface area contributed by atoms with Crippen molar-refractivity contribution in [2.24, 2.45) is 17.8 Å². The van der Waals surface area contributed by atoms with Crippen LogP contribution in [0.4, 0.5) is 4.79 Å². The molecule has 0 unspecified atom stereocenters. The van der Waals surface area contributed by atoms with E-state index in [-0.39, 0.29) is 30.6 Å². The average molecular weight is 801 g/mol. The van der Waals surface area contributed by atoms with Gasteiger partial charge in [-0.2, -0.15) is 0 Å². The smallest absolute Gasteiger partial charge is 0.408 e. The third-order valence-electron chi connectivity index (χ3n) is 11.1. The van der Waals surface area contributed by atoms with Crippen molar-refractivity contribution in [3.63, 3.8) is 0 Å². The molecule has 1 aliphatic carbocycles. The second-order valence-corrected chi connectivity index (χ2v) is 17.4. The molecule has 1 aliphatic rings. The Morgan fingerprint density at radius 3 is 2.12 bits per heavy atom. The van der Waals surface area contributed by atoms with E-state index in [1.807, 2.05) is 48.5 Å². The Morgan fingerprint density at radius 2 is 1.50 bits per heavy atom. The largest absolute Gasteiger partial charge is 0.444 e. The normalized spacial score (nSPS) is 16.1. The number of aromatic amines is 1. The number of benzene rings is 2. The van der Waals surface area contributed by atoms with E-state index in [9.17, 15) is 24.3 Å². The minimum absolute atomic E-state index is 0.0269. The number of carbonyl (C=O) groups is 4. The average Bonchev–Trinajstić information content (AvgIpc) is 3.70. The van der Waals surface area contributed by atoms with Crippen LogP contribution in [0.5, 0.6) is 0 Å². The number of hydrogen-bond donors (Lipinski definition) is 6. The first-order chi connectivity index (χ1) is 27.8. The zero-order valence-corrected chi connectivity index (χ0v) is 35.3. The predicted molar refractivity (Wildman–Crippen MR) is 227 cm³/mol. The summed E-state index contributed by atoms with van der Waals surface area (Å²) in [4.78, 5) is 61.2. The van der Waals surface area contributed by atoms with Crippen LogP contribution in [-0.2, 0) is 38.4 Å². The minimum atomic E-state index is -1.03. The van der Waals surface area contributed by atoms with Gasteiger partial charge in [0.2, 0.25) is 17.7 Å². The molecule has 4 amide bonds. The van der Waals surface area contributed by atoms with E-state index in [1.165, 1.54) is 18.3 Å². The van der Waals surface area contributed by atoms with Crippen LogP contribution in [-0.4, -0.2) is 75.3 Å². The van der Waals surface area contributed by atoms with Gasteiger partial charge in [0.1, 0.15) is 17.7 Å². The molecule has 0 spiro atoms. The summed E-state index contributed by atoms with van der Waals surface area (Å²) in [6.45, 7) is 10.1. The molecule has 1 aromatic heterocycles. The fourth-order valence-corrected chi connectivity index (χ4v) is 7.79. The topological polar surface area (TPSA) is 175 Å². The number of imidazole rings is 1. The number of carbonyl (C=O) groups excluding carboxylic acids is 4. The number of aliphatic hydroxyl groups is 1. The highest BCUT2D eigenvalue weighted by Crippen LogP contribution is 2.31. The molecule has 0 saturated heterocycles. The van der Waals surface area contributed by atoms with Gasteiger partial charge in [0.05, 0.1) is 18.5 Å². The van der Waals surface area contributed by atoms with Crippen LogP contribution in [0.3, 0.4) is 0 Å². The number of rotatable bonds is 22. The van der Waals surface area contributed by atoms with Gasteiger partial charge in [-0.3, -0.25) is 14.4 Å². The summed E-state index contributed by atoms with van der Waals surface area (Å²) in [7, 11) is 0. The summed E-state index contributed by atoms with van der Waals surface area (Å²) in [5.74, 6) is -0.183. The molecule has 12 heteroatoms. The number of aliphatic hydroxyl groups excluding tert-OH is 1. The van der Waals surface area contributed by atoms with Crippen LogP contribution in [0.2, 0.25) is 0 Å². The van der Waals surface area contributed by atoms with Crippen molar-refractivity contribution in [2.75, 3.05) is 6.54 Å². The molecular weight excluding hydrogens is 733 g/mol. The van der Waals surface area contributed by atoms with Gasteiger partial charge in [-0.15, -0.1) is 0 Å². The molecule has 0 aliphatic heterocycles. The molecule has 0 bridgehead atoms. The Bertz CT molecular complexity index is 1660. The number of amides is 4. The number of hydrogen-bond acceptors (Lipinski definition) is 7. The second-order valence-electron chi connectivity index (χ2n) is 17.4. The fourth-order valence-electron chi connectivity index (χ4n) is 7.79. The lowest BCUT2D eigenvalue weighted by Crippen LogP contribution is -2.57. The van der Waals surface area contributed by atoms with Gasteiger partial charge in [-0.25, -0.2) is 9.78 Å². The van der Waals surface area contributed by atoms with Crippen molar-refractivity contribution in [1.82, 2.24) is 31.2 Å². The van der Waals surface area contributed by atoms with E-state index in [2.05, 4.69) is 57.2 Å². The highest BCUT2D eigenvalue weighted by molar-refractivity contribution is 5.91. The van der Waals surface area contributed by atoms with Gasteiger partial charge in [0.15, 0.2) is 0 Å². The zero-order chi connectivity index (χ0) is 41.9. The SMILES string of the molecule is CC(C)[C@@H](CCCC(=O)NCCc1ccccc1)C[C@H](O)[C@H](CC1CCCCC1)NC(=O)[C@H](Cc1cnc[nH]1)NC(=O)[C@H](Cc1ccccc1)NC(=O)OC(C)(C)C. The highest BCUT2D eigenvalue weighted by Gasteiger charge is 2.33. The standard InChI is InChI=1S/C46H68N6O6/c1-32(2)36(22-15-23-42(54)48-25-24-33-16-9-6-10-17-33)28-41(53)38(26-34-18-11-7-12-19-34)50-44(56)40(29-37-30-47-31-49-37)51-43(55)39(27-35-20-13-8-14-21-35)52-45(57)58-46(3,4)5/h6,8-10,13-14,16-17,20-21,30-32,34,36,38-41,53H,7,11-12,15,18-19,22-29H2,1-5H3,(H,47,49)(H,48,54)(H,50,56)(H,51,55)(H,52,57)/t36-,38-,39-,40-,41-/m0/s1. The minimum Gasteiger partial charge on any atom is -0.444 e. The van der Waals surface area contributed by atoms with Crippen molar-refractivity contribution in [3.05, 3.63) is 90.0 Å². The Balaban J connectivity index is 1.45. The molecule has 1 heterocycles.